The molecule has 2 N–H and O–H groups in total. The Kier molecular flexibility index (Phi) is 4.40. The Bertz CT molecular complexity index is 918. The molecule has 3 heteroatoms. The molecule has 0 heterocycles. The maximum atomic E-state index is 11.9. The minimum Gasteiger partial charge on any atom is -0.508 e. The lowest BCUT2D eigenvalue weighted by Crippen LogP contribution is -2.52. The van der Waals surface area contributed by atoms with Crippen LogP contribution in [-0.4, -0.2) is 21.6 Å². The highest BCUT2D eigenvalue weighted by Gasteiger charge is 2.62. The molecule has 152 valence electrons. The van der Waals surface area contributed by atoms with Crippen LogP contribution < -0.4 is 0 Å². The molecule has 0 saturated heterocycles. The lowest BCUT2D eigenvalue weighted by Gasteiger charge is -2.54. The third-order valence-corrected chi connectivity index (χ3v) is 8.73. The maximum Gasteiger partial charge on any atom is 0.155 e. The Morgan fingerprint density at radius 1 is 1.00 bits per heavy atom. The minimum atomic E-state index is -0.945. The van der Waals surface area contributed by atoms with Crippen molar-refractivity contribution in [2.24, 2.45) is 29.1 Å². The van der Waals surface area contributed by atoms with Gasteiger partial charge < -0.3 is 10.2 Å². The topological polar surface area (TPSA) is 57.5 Å². The first kappa shape index (κ1) is 18.9. The SMILES string of the molecule is C[C@]12CCC3C4CCC(=O)C=C4CCC3C1CC[C@@]2(O)C#Cc1ccc(O)cc1. The van der Waals surface area contributed by atoms with E-state index in [1.54, 1.807) is 24.3 Å². The first-order valence-corrected chi connectivity index (χ1v) is 11.2. The van der Waals surface area contributed by atoms with Crippen LogP contribution in [0.3, 0.4) is 0 Å². The van der Waals surface area contributed by atoms with Gasteiger partial charge in [-0.05, 0) is 99.0 Å². The third kappa shape index (κ3) is 2.96. The van der Waals surface area contributed by atoms with Gasteiger partial charge in [-0.25, -0.2) is 0 Å². The van der Waals surface area contributed by atoms with Crippen molar-refractivity contribution in [1.29, 1.82) is 0 Å². The number of phenols is 1. The molecule has 0 aromatic heterocycles. The Morgan fingerprint density at radius 3 is 2.59 bits per heavy atom. The number of carbonyl (C=O) groups is 1. The second kappa shape index (κ2) is 6.74. The fourth-order valence-corrected chi connectivity index (χ4v) is 7.12. The van der Waals surface area contributed by atoms with E-state index in [0.717, 1.165) is 50.5 Å². The lowest BCUT2D eigenvalue weighted by molar-refractivity contribution is -0.116. The predicted octanol–water partition coefficient (Wildman–Crippen LogP) is 4.62. The normalized spacial score (nSPS) is 40.8. The van der Waals surface area contributed by atoms with Gasteiger partial charge >= 0.3 is 0 Å². The van der Waals surface area contributed by atoms with Gasteiger partial charge in [0.1, 0.15) is 11.4 Å². The number of hydrogen-bond donors (Lipinski definition) is 2. The van der Waals surface area contributed by atoms with Gasteiger partial charge in [0.15, 0.2) is 5.78 Å². The van der Waals surface area contributed by atoms with Gasteiger partial charge in [0, 0.05) is 17.4 Å². The summed E-state index contributed by atoms with van der Waals surface area (Å²) in [4.78, 5) is 11.9. The van der Waals surface area contributed by atoms with Crippen LogP contribution in [0.4, 0.5) is 0 Å². The average molecular weight is 391 g/mol. The Balaban J connectivity index is 1.41. The first-order chi connectivity index (χ1) is 13.9. The first-order valence-electron chi connectivity index (χ1n) is 11.2. The zero-order chi connectivity index (χ0) is 20.2. The van der Waals surface area contributed by atoms with Gasteiger partial charge in [0.05, 0.1) is 0 Å². The Hall–Kier alpha value is -2.05. The summed E-state index contributed by atoms with van der Waals surface area (Å²) in [5.41, 5.74) is 1.13. The molecule has 3 nitrogen and oxygen atoms in total. The fourth-order valence-electron chi connectivity index (χ4n) is 7.12. The van der Waals surface area contributed by atoms with Gasteiger partial charge in [-0.3, -0.25) is 4.79 Å². The molecule has 0 radical (unpaired) electrons. The van der Waals surface area contributed by atoms with E-state index in [0.29, 0.717) is 35.9 Å². The summed E-state index contributed by atoms with van der Waals surface area (Å²) in [5, 5.41) is 21.1. The van der Waals surface area contributed by atoms with E-state index in [4.69, 9.17) is 0 Å². The molecule has 0 amide bonds. The predicted molar refractivity (Wildman–Crippen MR) is 112 cm³/mol. The molecule has 1 aromatic carbocycles. The number of aliphatic hydroxyl groups is 1. The van der Waals surface area contributed by atoms with Crippen molar-refractivity contribution in [3.05, 3.63) is 41.5 Å². The molecule has 4 unspecified atom stereocenters. The van der Waals surface area contributed by atoms with Crippen molar-refractivity contribution >= 4 is 5.78 Å². The molecular formula is C26H30O3. The monoisotopic (exact) mass is 390 g/mol. The van der Waals surface area contributed by atoms with Crippen molar-refractivity contribution in [1.82, 2.24) is 0 Å². The van der Waals surface area contributed by atoms with E-state index in [9.17, 15) is 15.0 Å². The van der Waals surface area contributed by atoms with Gasteiger partial charge in [-0.1, -0.05) is 24.3 Å². The van der Waals surface area contributed by atoms with E-state index < -0.39 is 5.60 Å². The van der Waals surface area contributed by atoms with E-state index in [-0.39, 0.29) is 11.2 Å². The molecule has 6 atom stereocenters. The number of rotatable bonds is 0. The zero-order valence-electron chi connectivity index (χ0n) is 17.2. The van der Waals surface area contributed by atoms with Crippen LogP contribution in [0.1, 0.15) is 63.9 Å². The number of hydrogen-bond acceptors (Lipinski definition) is 3. The number of allylic oxidation sites excluding steroid dienone is 1. The van der Waals surface area contributed by atoms with E-state index in [1.165, 1.54) is 5.57 Å². The Morgan fingerprint density at radius 2 is 1.79 bits per heavy atom. The van der Waals surface area contributed by atoms with Crippen LogP contribution in [-0.2, 0) is 4.79 Å². The van der Waals surface area contributed by atoms with E-state index in [2.05, 4.69) is 18.8 Å². The second-order valence-corrected chi connectivity index (χ2v) is 9.96. The van der Waals surface area contributed by atoms with Crippen molar-refractivity contribution in [3.8, 4) is 17.6 Å². The van der Waals surface area contributed by atoms with Crippen LogP contribution >= 0.6 is 0 Å². The summed E-state index contributed by atoms with van der Waals surface area (Å²) in [6.07, 6.45) is 9.84. The van der Waals surface area contributed by atoms with Crippen molar-refractivity contribution < 1.29 is 15.0 Å². The largest absolute Gasteiger partial charge is 0.508 e. The molecule has 0 spiro atoms. The Labute approximate surface area is 173 Å². The van der Waals surface area contributed by atoms with Gasteiger partial charge in [0.25, 0.3) is 0 Å². The molecule has 4 aliphatic carbocycles. The van der Waals surface area contributed by atoms with Gasteiger partial charge in [-0.2, -0.15) is 0 Å². The van der Waals surface area contributed by atoms with Crippen LogP contribution in [0, 0.1) is 40.9 Å². The summed E-state index contributed by atoms with van der Waals surface area (Å²) in [6.45, 7) is 2.27. The molecule has 3 saturated carbocycles. The number of fused-ring (bicyclic) bond motifs is 5. The fraction of sp³-hybridized carbons (Fsp3) is 0.577. The minimum absolute atomic E-state index is 0.163. The van der Waals surface area contributed by atoms with Crippen LogP contribution in [0.2, 0.25) is 0 Å². The lowest BCUT2D eigenvalue weighted by atomic mass is 9.50. The molecule has 0 bridgehead atoms. The molecular weight excluding hydrogens is 360 g/mol. The standard InChI is InChI=1S/C26H30O3/c1-25-13-11-22-21-9-7-20(28)16-18(21)4-8-23(22)24(25)12-15-26(25,29)14-10-17-2-5-19(27)6-3-17/h2-3,5-6,16,21-24,27,29H,4,7-9,11-13,15H2,1H3/t21?,22?,23?,24?,25-,26-/m0/s1. The van der Waals surface area contributed by atoms with E-state index in [1.807, 2.05) is 6.08 Å². The maximum absolute atomic E-state index is 11.9. The number of benzene rings is 1. The summed E-state index contributed by atoms with van der Waals surface area (Å²) in [5.74, 6) is 9.41. The second-order valence-electron chi connectivity index (χ2n) is 9.96. The summed E-state index contributed by atoms with van der Waals surface area (Å²) in [6, 6.07) is 6.88. The molecule has 5 rings (SSSR count). The highest BCUT2D eigenvalue weighted by molar-refractivity contribution is 5.91. The molecule has 0 aliphatic heterocycles. The number of ketones is 1. The van der Waals surface area contributed by atoms with Crippen molar-refractivity contribution in [2.75, 3.05) is 0 Å². The van der Waals surface area contributed by atoms with Gasteiger partial charge in [0.2, 0.25) is 0 Å². The number of phenolic OH excluding ortho intramolecular Hbond substituents is 1. The highest BCUT2D eigenvalue weighted by Crippen LogP contribution is 2.64. The summed E-state index contributed by atoms with van der Waals surface area (Å²) < 4.78 is 0. The smallest absolute Gasteiger partial charge is 0.155 e. The molecule has 4 aliphatic rings. The zero-order valence-corrected chi connectivity index (χ0v) is 17.2. The molecule has 3 fully saturated rings. The highest BCUT2D eigenvalue weighted by atomic mass is 16.3. The quantitative estimate of drug-likeness (QED) is 0.636. The van der Waals surface area contributed by atoms with Crippen molar-refractivity contribution in [3.63, 3.8) is 0 Å². The summed E-state index contributed by atoms with van der Waals surface area (Å²) in [7, 11) is 0. The number of aromatic hydroxyl groups is 1. The van der Waals surface area contributed by atoms with Gasteiger partial charge in [-0.15, -0.1) is 0 Å². The van der Waals surface area contributed by atoms with E-state index >= 15 is 0 Å². The number of carbonyl (C=O) groups excluding carboxylic acids is 1. The third-order valence-electron chi connectivity index (χ3n) is 8.73. The molecule has 1 aromatic rings. The van der Waals surface area contributed by atoms with Crippen LogP contribution in [0.25, 0.3) is 0 Å². The summed E-state index contributed by atoms with van der Waals surface area (Å²) >= 11 is 0. The van der Waals surface area contributed by atoms with Crippen LogP contribution in [0.15, 0.2) is 35.9 Å². The molecule has 29 heavy (non-hydrogen) atoms. The van der Waals surface area contributed by atoms with Crippen molar-refractivity contribution in [2.45, 2.75) is 63.9 Å². The van der Waals surface area contributed by atoms with Crippen LogP contribution in [0.5, 0.6) is 5.75 Å². The average Bonchev–Trinajstić information content (AvgIpc) is 2.98.